The smallest absolute Gasteiger partial charge is 0.248 e. The first-order valence-electron chi connectivity index (χ1n) is 10.0. The second-order valence-corrected chi connectivity index (χ2v) is 7.56. The molecule has 3 aromatic carbocycles. The molecule has 0 aliphatic carbocycles. The molecule has 0 fully saturated rings. The molecule has 0 atom stereocenters. The predicted octanol–water partition coefficient (Wildman–Crippen LogP) is 5.37. The van der Waals surface area contributed by atoms with Crippen LogP contribution in [0.4, 0.5) is 0 Å². The van der Waals surface area contributed by atoms with Gasteiger partial charge in [0.25, 0.3) is 0 Å². The topological polar surface area (TPSA) is 17.6 Å². The minimum atomic E-state index is 0. The van der Waals surface area contributed by atoms with Crippen LogP contribution in [0.1, 0.15) is 11.1 Å². The van der Waals surface area contributed by atoms with E-state index in [-0.39, 0.29) is 14.9 Å². The lowest BCUT2D eigenvalue weighted by molar-refractivity contribution is -0.687. The fraction of sp³-hybridized carbons (Fsp3) is 0.0714. The Morgan fingerprint density at radius 3 is 1.56 bits per heavy atom. The second-order valence-electron chi connectivity index (χ2n) is 7.56. The highest BCUT2D eigenvalue weighted by Crippen LogP contribution is 2.28. The molecule has 0 aliphatic heterocycles. The summed E-state index contributed by atoms with van der Waals surface area (Å²) in [6, 6.07) is 17.8. The summed E-state index contributed by atoms with van der Waals surface area (Å²) in [7, 11) is 0. The van der Waals surface area contributed by atoms with Crippen LogP contribution < -0.4 is 9.13 Å². The lowest BCUT2D eigenvalue weighted by Crippen LogP contribution is -2.31. The molecular weight excluding hydrogens is 392 g/mol. The average Bonchev–Trinajstić information content (AvgIpc) is 3.42. The summed E-state index contributed by atoms with van der Waals surface area (Å²) in [4.78, 5) is 0. The molecule has 5 aromatic rings. The lowest BCUT2D eigenvalue weighted by atomic mass is 9.97. The molecule has 4 nitrogen and oxygen atoms in total. The maximum atomic E-state index is 3.83. The van der Waals surface area contributed by atoms with Gasteiger partial charge in [0.2, 0.25) is 12.7 Å². The van der Waals surface area contributed by atoms with Crippen LogP contribution in [0.15, 0.2) is 99.1 Å². The lowest BCUT2D eigenvalue weighted by Gasteiger charge is -2.10. The zero-order chi connectivity index (χ0) is 20.5. The molecule has 0 unspecified atom stereocenters. The molecule has 0 bridgehead atoms. The second kappa shape index (κ2) is 9.48. The molecular formula is C28H30N4. The molecule has 0 radical (unpaired) electrons. The maximum Gasteiger partial charge on any atom is 0.248 e. The van der Waals surface area contributed by atoms with Crippen LogP contribution in [-0.2, 0) is 13.1 Å². The van der Waals surface area contributed by atoms with Gasteiger partial charge in [-0.05, 0) is 33.7 Å². The van der Waals surface area contributed by atoms with Crippen LogP contribution in [0.2, 0.25) is 0 Å². The van der Waals surface area contributed by atoms with Crippen LogP contribution in [-0.4, -0.2) is 9.13 Å². The maximum absolute atomic E-state index is 3.83. The molecule has 0 N–H and O–H groups in total. The van der Waals surface area contributed by atoms with E-state index in [1.165, 1.54) is 32.7 Å². The fourth-order valence-corrected chi connectivity index (χ4v) is 4.08. The number of nitrogens with zero attached hydrogens (tertiary/aromatic N) is 4. The van der Waals surface area contributed by atoms with Crippen molar-refractivity contribution < 1.29 is 9.13 Å². The van der Waals surface area contributed by atoms with E-state index >= 15 is 0 Å². The molecule has 0 saturated carbocycles. The number of imidazole rings is 2. The Hall–Kier alpha value is -3.92. The first kappa shape index (κ1) is 22.8. The van der Waals surface area contributed by atoms with Crippen LogP contribution in [0.5, 0.6) is 0 Å². The van der Waals surface area contributed by atoms with E-state index in [9.17, 15) is 0 Å². The SMILES string of the molecule is C=Cn1cc[n+](Cc2cccc3cc4cccc(C[n+]5ccn(C=C)c5)c4cc23)c1.[CH3-].[CH3-]. The van der Waals surface area contributed by atoms with Gasteiger partial charge >= 0.3 is 0 Å². The van der Waals surface area contributed by atoms with Crippen LogP contribution in [0.3, 0.4) is 0 Å². The van der Waals surface area contributed by atoms with Crippen molar-refractivity contribution in [3.63, 3.8) is 0 Å². The van der Waals surface area contributed by atoms with Gasteiger partial charge in [0.1, 0.15) is 37.9 Å². The molecule has 0 amide bonds. The predicted molar refractivity (Wildman–Crippen MR) is 135 cm³/mol. The molecule has 0 spiro atoms. The zero-order valence-electron chi connectivity index (χ0n) is 18.9. The van der Waals surface area contributed by atoms with Crippen molar-refractivity contribution in [2.24, 2.45) is 0 Å². The van der Waals surface area contributed by atoms with Gasteiger partial charge in [-0.1, -0.05) is 49.6 Å². The van der Waals surface area contributed by atoms with E-state index < -0.39 is 0 Å². The van der Waals surface area contributed by atoms with Gasteiger partial charge in [-0.25, -0.2) is 18.3 Å². The normalized spacial score (nSPS) is 10.5. The van der Waals surface area contributed by atoms with Gasteiger partial charge in [-0.15, -0.1) is 0 Å². The molecule has 0 saturated heterocycles. The zero-order valence-corrected chi connectivity index (χ0v) is 18.9. The molecule has 4 heteroatoms. The quantitative estimate of drug-likeness (QED) is 0.199. The number of hydrogen-bond donors (Lipinski definition) is 0. The van der Waals surface area contributed by atoms with Crippen molar-refractivity contribution in [3.05, 3.63) is 125 Å². The van der Waals surface area contributed by atoms with E-state index in [1.54, 1.807) is 12.4 Å². The summed E-state index contributed by atoms with van der Waals surface area (Å²) >= 11 is 0. The van der Waals surface area contributed by atoms with Gasteiger partial charge in [0, 0.05) is 11.1 Å². The Balaban J connectivity index is 0.00000144. The monoisotopic (exact) mass is 422 g/mol. The first-order valence-corrected chi connectivity index (χ1v) is 10.0. The summed E-state index contributed by atoms with van der Waals surface area (Å²) < 4.78 is 8.29. The van der Waals surface area contributed by atoms with E-state index in [0.29, 0.717) is 0 Å². The third-order valence-electron chi connectivity index (χ3n) is 5.61. The minimum Gasteiger partial charge on any atom is -0.358 e. The molecule has 32 heavy (non-hydrogen) atoms. The van der Waals surface area contributed by atoms with Gasteiger partial charge in [-0.2, -0.15) is 0 Å². The summed E-state index contributed by atoms with van der Waals surface area (Å²) in [6.45, 7) is 9.30. The first-order chi connectivity index (χ1) is 14.7. The van der Waals surface area contributed by atoms with Crippen molar-refractivity contribution in [3.8, 4) is 0 Å². The van der Waals surface area contributed by atoms with Gasteiger partial charge < -0.3 is 14.9 Å². The van der Waals surface area contributed by atoms with Gasteiger partial charge in [0.05, 0.1) is 12.4 Å². The van der Waals surface area contributed by atoms with Gasteiger partial charge in [0.15, 0.2) is 0 Å². The largest absolute Gasteiger partial charge is 0.358 e. The summed E-state index contributed by atoms with van der Waals surface area (Å²) in [6.07, 6.45) is 15.9. The molecule has 2 aromatic heterocycles. The third-order valence-corrected chi connectivity index (χ3v) is 5.61. The summed E-state index contributed by atoms with van der Waals surface area (Å²) in [5.74, 6) is 0. The Labute approximate surface area is 190 Å². The highest BCUT2D eigenvalue weighted by atomic mass is 15.1. The Bertz CT molecular complexity index is 1280. The van der Waals surface area contributed by atoms with E-state index in [4.69, 9.17) is 0 Å². The summed E-state index contributed by atoms with van der Waals surface area (Å²) in [5.41, 5.74) is 2.61. The third kappa shape index (κ3) is 4.26. The van der Waals surface area contributed by atoms with Gasteiger partial charge in [-0.3, -0.25) is 0 Å². The highest BCUT2D eigenvalue weighted by molar-refractivity contribution is 6.00. The minimum absolute atomic E-state index is 0. The Kier molecular flexibility index (Phi) is 6.74. The van der Waals surface area contributed by atoms with Crippen LogP contribution in [0, 0.1) is 14.9 Å². The van der Waals surface area contributed by atoms with Crippen LogP contribution in [0.25, 0.3) is 33.9 Å². The number of fused-ring (bicyclic) bond motifs is 2. The molecule has 0 aliphatic rings. The molecule has 5 rings (SSSR count). The fourth-order valence-electron chi connectivity index (χ4n) is 4.08. The Morgan fingerprint density at radius 1 is 0.688 bits per heavy atom. The standard InChI is InChI=1S/C26H24N4.2CH3/c1-3-27-11-13-29(19-27)17-23-9-5-7-21-15-22-8-6-10-24(26(22)16-25(21)23)18-30-14-12-28(4-2)20-30;;/h3-16,19-20H,1-2,17-18H2;2*1H3/q+2;2*-1. The number of benzene rings is 3. The molecule has 2 heterocycles. The van der Waals surface area contributed by atoms with E-state index in [2.05, 4.69) is 95.9 Å². The highest BCUT2D eigenvalue weighted by Gasteiger charge is 2.11. The van der Waals surface area contributed by atoms with Crippen molar-refractivity contribution in [2.75, 3.05) is 0 Å². The number of aromatic nitrogens is 4. The van der Waals surface area contributed by atoms with Crippen LogP contribution >= 0.6 is 0 Å². The van der Waals surface area contributed by atoms with Crippen molar-refractivity contribution in [1.29, 1.82) is 0 Å². The molecule has 162 valence electrons. The van der Waals surface area contributed by atoms with E-state index in [1.807, 2.05) is 21.5 Å². The Morgan fingerprint density at radius 2 is 1.16 bits per heavy atom. The van der Waals surface area contributed by atoms with Crippen molar-refractivity contribution in [2.45, 2.75) is 13.1 Å². The number of hydrogen-bond acceptors (Lipinski definition) is 0. The average molecular weight is 423 g/mol. The van der Waals surface area contributed by atoms with E-state index in [0.717, 1.165) is 13.1 Å². The van der Waals surface area contributed by atoms with Crippen molar-refractivity contribution in [1.82, 2.24) is 9.13 Å². The number of rotatable bonds is 6. The summed E-state index contributed by atoms with van der Waals surface area (Å²) in [5, 5.41) is 5.13. The van der Waals surface area contributed by atoms with Crippen molar-refractivity contribution >= 4 is 33.9 Å².